The lowest BCUT2D eigenvalue weighted by molar-refractivity contribution is 0.154. The normalized spacial score (nSPS) is 17.7. The zero-order valence-corrected chi connectivity index (χ0v) is 11.7. The number of nitrogens with two attached hydrogens (primary N) is 1. The smallest absolute Gasteiger partial charge is 0.173 e. The quantitative estimate of drug-likeness (QED) is 0.389. The molecule has 0 unspecified atom stereocenters. The first-order chi connectivity index (χ1) is 8.70. The van der Waals surface area contributed by atoms with Crippen LogP contribution in [0.4, 0.5) is 0 Å². The van der Waals surface area contributed by atoms with Gasteiger partial charge in [0.1, 0.15) is 5.75 Å². The monoisotopic (exact) mass is 312 g/mol. The fourth-order valence-electron chi connectivity index (χ4n) is 2.22. The summed E-state index contributed by atoms with van der Waals surface area (Å²) < 4.78 is 6.91. The van der Waals surface area contributed by atoms with Gasteiger partial charge in [0.05, 0.1) is 11.7 Å². The molecule has 1 aliphatic rings. The molecule has 0 radical (unpaired) electrons. The third kappa shape index (κ3) is 3.16. The van der Waals surface area contributed by atoms with E-state index in [1.165, 1.54) is 19.3 Å². The van der Waals surface area contributed by atoms with Crippen LogP contribution in [-0.4, -0.2) is 17.1 Å². The Morgan fingerprint density at radius 3 is 2.72 bits per heavy atom. The third-order valence-electron chi connectivity index (χ3n) is 3.17. The van der Waals surface area contributed by atoms with Crippen molar-refractivity contribution in [2.45, 2.75) is 38.2 Å². The number of benzene rings is 1. The summed E-state index contributed by atoms with van der Waals surface area (Å²) in [6.07, 6.45) is 6.07. The number of hydrogen-bond acceptors (Lipinski definition) is 3. The Hall–Kier alpha value is -1.23. The fraction of sp³-hybridized carbons (Fsp3) is 0.462. The van der Waals surface area contributed by atoms with Crippen LogP contribution in [0, 0.1) is 0 Å². The summed E-state index contributed by atoms with van der Waals surface area (Å²) in [4.78, 5) is 0. The predicted molar refractivity (Wildman–Crippen MR) is 74.2 cm³/mol. The Kier molecular flexibility index (Phi) is 4.47. The topological polar surface area (TPSA) is 67.8 Å². The van der Waals surface area contributed by atoms with Gasteiger partial charge in [-0.3, -0.25) is 0 Å². The van der Waals surface area contributed by atoms with Crippen molar-refractivity contribution >= 4 is 21.8 Å². The molecule has 18 heavy (non-hydrogen) atoms. The van der Waals surface area contributed by atoms with E-state index in [0.29, 0.717) is 11.3 Å². The van der Waals surface area contributed by atoms with Gasteiger partial charge in [-0.25, -0.2) is 0 Å². The van der Waals surface area contributed by atoms with Crippen LogP contribution in [0.15, 0.2) is 27.8 Å². The molecule has 4 nitrogen and oxygen atoms in total. The van der Waals surface area contributed by atoms with Gasteiger partial charge in [-0.1, -0.05) is 27.5 Å². The molecule has 0 spiro atoms. The van der Waals surface area contributed by atoms with Crippen molar-refractivity contribution < 1.29 is 9.94 Å². The minimum Gasteiger partial charge on any atom is -0.490 e. The van der Waals surface area contributed by atoms with E-state index in [1.54, 1.807) is 6.07 Å². The van der Waals surface area contributed by atoms with Crippen LogP contribution in [0.5, 0.6) is 5.75 Å². The summed E-state index contributed by atoms with van der Waals surface area (Å²) in [6.45, 7) is 0. The molecule has 0 aromatic heterocycles. The predicted octanol–water partition coefficient (Wildman–Crippen LogP) is 3.26. The Bertz CT molecular complexity index is 443. The first kappa shape index (κ1) is 13.2. The summed E-state index contributed by atoms with van der Waals surface area (Å²) in [7, 11) is 0. The molecule has 0 heterocycles. The summed E-state index contributed by atoms with van der Waals surface area (Å²) in [6, 6.07) is 5.50. The van der Waals surface area contributed by atoms with Gasteiger partial charge >= 0.3 is 0 Å². The number of oxime groups is 1. The Morgan fingerprint density at radius 1 is 1.33 bits per heavy atom. The molecule has 1 aliphatic carbocycles. The molecule has 1 aromatic carbocycles. The maximum absolute atomic E-state index is 8.78. The average molecular weight is 313 g/mol. The van der Waals surface area contributed by atoms with Crippen LogP contribution in [-0.2, 0) is 0 Å². The van der Waals surface area contributed by atoms with Gasteiger partial charge < -0.3 is 15.7 Å². The van der Waals surface area contributed by atoms with E-state index in [2.05, 4.69) is 21.1 Å². The number of hydrogen-bond donors (Lipinski definition) is 2. The van der Waals surface area contributed by atoms with Crippen molar-refractivity contribution in [3.05, 3.63) is 28.2 Å². The van der Waals surface area contributed by atoms with Gasteiger partial charge in [0.25, 0.3) is 0 Å². The summed E-state index contributed by atoms with van der Waals surface area (Å²) in [5.41, 5.74) is 6.29. The van der Waals surface area contributed by atoms with Crippen molar-refractivity contribution in [1.29, 1.82) is 0 Å². The minimum atomic E-state index is 0.0771. The lowest BCUT2D eigenvalue weighted by atomic mass is 9.97. The molecule has 0 aliphatic heterocycles. The average Bonchev–Trinajstić information content (AvgIpc) is 2.39. The minimum absolute atomic E-state index is 0.0771. The number of ether oxygens (including phenoxy) is 1. The molecule has 5 heteroatoms. The number of nitrogens with zero attached hydrogens (tertiary/aromatic N) is 1. The number of halogens is 1. The van der Waals surface area contributed by atoms with Gasteiger partial charge in [-0.15, -0.1) is 0 Å². The molecular formula is C13H17BrN2O2. The van der Waals surface area contributed by atoms with Crippen LogP contribution in [0.2, 0.25) is 0 Å². The SMILES string of the molecule is N/C(=N/O)c1ccc(Br)cc1OC1CCCCC1. The van der Waals surface area contributed by atoms with E-state index in [0.717, 1.165) is 17.3 Å². The van der Waals surface area contributed by atoms with E-state index in [4.69, 9.17) is 15.7 Å². The standard InChI is InChI=1S/C13H17BrN2O2/c14-9-6-7-11(13(15)16-17)12(8-9)18-10-4-2-1-3-5-10/h6-8,10,17H,1-5H2,(H2,15,16). The number of rotatable bonds is 3. The highest BCUT2D eigenvalue weighted by Gasteiger charge is 2.17. The van der Waals surface area contributed by atoms with Crippen molar-refractivity contribution in [1.82, 2.24) is 0 Å². The summed E-state index contributed by atoms with van der Waals surface area (Å²) in [5, 5.41) is 11.8. The molecule has 1 fully saturated rings. The van der Waals surface area contributed by atoms with Crippen molar-refractivity contribution in [2.75, 3.05) is 0 Å². The molecule has 2 rings (SSSR count). The molecular weight excluding hydrogens is 296 g/mol. The Labute approximate surface area is 115 Å². The zero-order valence-electron chi connectivity index (χ0n) is 10.1. The van der Waals surface area contributed by atoms with Gasteiger partial charge in [0.15, 0.2) is 5.84 Å². The lowest BCUT2D eigenvalue weighted by Crippen LogP contribution is -2.22. The van der Waals surface area contributed by atoms with Crippen LogP contribution in [0.3, 0.4) is 0 Å². The van der Waals surface area contributed by atoms with E-state index in [9.17, 15) is 0 Å². The van der Waals surface area contributed by atoms with Crippen LogP contribution < -0.4 is 10.5 Å². The van der Waals surface area contributed by atoms with Crippen LogP contribution in [0.25, 0.3) is 0 Å². The molecule has 98 valence electrons. The Morgan fingerprint density at radius 2 is 2.06 bits per heavy atom. The number of amidine groups is 1. The molecule has 1 saturated carbocycles. The lowest BCUT2D eigenvalue weighted by Gasteiger charge is -2.24. The second-order valence-electron chi connectivity index (χ2n) is 4.50. The van der Waals surface area contributed by atoms with Crippen molar-refractivity contribution in [2.24, 2.45) is 10.9 Å². The largest absolute Gasteiger partial charge is 0.490 e. The Balaban J connectivity index is 2.21. The maximum Gasteiger partial charge on any atom is 0.173 e. The van der Waals surface area contributed by atoms with Crippen LogP contribution in [0.1, 0.15) is 37.7 Å². The van der Waals surface area contributed by atoms with Crippen molar-refractivity contribution in [3.8, 4) is 5.75 Å². The highest BCUT2D eigenvalue weighted by molar-refractivity contribution is 9.10. The van der Waals surface area contributed by atoms with E-state index >= 15 is 0 Å². The highest BCUT2D eigenvalue weighted by atomic mass is 79.9. The first-order valence-electron chi connectivity index (χ1n) is 6.15. The summed E-state index contributed by atoms with van der Waals surface area (Å²) in [5.74, 6) is 0.750. The van der Waals surface area contributed by atoms with Gasteiger partial charge in [0.2, 0.25) is 0 Å². The fourth-order valence-corrected chi connectivity index (χ4v) is 2.56. The van der Waals surface area contributed by atoms with Gasteiger partial charge in [0, 0.05) is 4.47 Å². The second-order valence-corrected chi connectivity index (χ2v) is 5.42. The first-order valence-corrected chi connectivity index (χ1v) is 6.94. The van der Waals surface area contributed by atoms with Gasteiger partial charge in [-0.05, 0) is 43.9 Å². The van der Waals surface area contributed by atoms with Crippen LogP contribution >= 0.6 is 15.9 Å². The maximum atomic E-state index is 8.78. The molecule has 0 atom stereocenters. The molecule has 3 N–H and O–H groups in total. The zero-order chi connectivity index (χ0) is 13.0. The van der Waals surface area contributed by atoms with E-state index < -0.39 is 0 Å². The third-order valence-corrected chi connectivity index (χ3v) is 3.67. The molecule has 1 aromatic rings. The van der Waals surface area contributed by atoms with Gasteiger partial charge in [-0.2, -0.15) is 0 Å². The second kappa shape index (κ2) is 6.09. The molecule has 0 saturated heterocycles. The van der Waals surface area contributed by atoms with E-state index in [-0.39, 0.29) is 11.9 Å². The van der Waals surface area contributed by atoms with E-state index in [1.807, 2.05) is 12.1 Å². The van der Waals surface area contributed by atoms with Crippen molar-refractivity contribution in [3.63, 3.8) is 0 Å². The summed E-state index contributed by atoms with van der Waals surface area (Å²) >= 11 is 3.41. The highest BCUT2D eigenvalue weighted by Crippen LogP contribution is 2.28. The molecule has 0 amide bonds. The molecule has 0 bridgehead atoms.